The molecule has 1 amide bonds. The largest absolute Gasteiger partial charge is 0.399 e. The molecule has 0 aromatic heterocycles. The summed E-state index contributed by atoms with van der Waals surface area (Å²) in [6, 6.07) is 17.7. The number of nitrogens with one attached hydrogen (secondary N) is 1. The van der Waals surface area contributed by atoms with Crippen molar-refractivity contribution in [2.45, 2.75) is 19.9 Å². The van der Waals surface area contributed by atoms with E-state index in [9.17, 15) is 4.79 Å². The number of likely N-dealkylation sites (N-methyl/N-ethyl adjacent to an activating group) is 1. The van der Waals surface area contributed by atoms with Crippen LogP contribution in [0.25, 0.3) is 0 Å². The Bertz CT molecular complexity index is 695. The van der Waals surface area contributed by atoms with Crippen molar-refractivity contribution < 1.29 is 9.63 Å². The minimum Gasteiger partial charge on any atom is -0.399 e. The Morgan fingerprint density at radius 1 is 1.12 bits per heavy atom. The third-order valence-electron chi connectivity index (χ3n) is 4.37. The molecule has 1 N–H and O–H groups in total. The number of carbonyl (C=O) groups excluding carboxylic acids is 1. The summed E-state index contributed by atoms with van der Waals surface area (Å²) in [5.74, 6) is -0.0756. The molecule has 0 bridgehead atoms. The second-order valence-electron chi connectivity index (χ2n) is 5.90. The molecule has 2 aromatic rings. The highest BCUT2D eigenvalue weighted by atomic mass is 16.6. The van der Waals surface area contributed by atoms with E-state index >= 15 is 0 Å². The first-order valence-corrected chi connectivity index (χ1v) is 8.93. The summed E-state index contributed by atoms with van der Waals surface area (Å²) < 4.78 is 0. The smallest absolute Gasteiger partial charge is 0.251 e. The molecule has 1 unspecified atom stereocenters. The number of nitrogens with zero attached hydrogens (tertiary/aromatic N) is 2. The normalized spacial score (nSPS) is 12.3. The Labute approximate surface area is 155 Å². The third-order valence-corrected chi connectivity index (χ3v) is 4.37. The van der Waals surface area contributed by atoms with Crippen LogP contribution in [-0.4, -0.2) is 43.8 Å². The van der Waals surface area contributed by atoms with Crippen LogP contribution in [0, 0.1) is 0 Å². The van der Waals surface area contributed by atoms with Crippen LogP contribution < -0.4 is 5.32 Å². The summed E-state index contributed by atoms with van der Waals surface area (Å²) in [5, 5.41) is 6.79. The van der Waals surface area contributed by atoms with E-state index in [1.54, 1.807) is 18.3 Å². The quantitative estimate of drug-likeness (QED) is 0.555. The van der Waals surface area contributed by atoms with Gasteiger partial charge in [0.25, 0.3) is 5.91 Å². The van der Waals surface area contributed by atoms with Crippen molar-refractivity contribution in [1.82, 2.24) is 10.2 Å². The number of oxime groups is 1. The van der Waals surface area contributed by atoms with E-state index in [1.165, 1.54) is 12.7 Å². The first kappa shape index (κ1) is 19.7. The van der Waals surface area contributed by atoms with Crippen LogP contribution in [0.1, 0.15) is 41.4 Å². The van der Waals surface area contributed by atoms with Crippen molar-refractivity contribution in [2.24, 2.45) is 5.16 Å². The molecule has 0 fully saturated rings. The van der Waals surface area contributed by atoms with E-state index in [2.05, 4.69) is 46.2 Å². The monoisotopic (exact) mass is 353 g/mol. The van der Waals surface area contributed by atoms with Gasteiger partial charge in [-0.25, -0.2) is 0 Å². The molecule has 0 aliphatic heterocycles. The van der Waals surface area contributed by atoms with E-state index in [0.29, 0.717) is 12.1 Å². The van der Waals surface area contributed by atoms with Gasteiger partial charge >= 0.3 is 0 Å². The molecule has 2 aromatic carbocycles. The minimum atomic E-state index is -0.0756. The first-order chi connectivity index (χ1) is 12.7. The van der Waals surface area contributed by atoms with Crippen molar-refractivity contribution in [3.8, 4) is 0 Å². The molecular weight excluding hydrogens is 326 g/mol. The highest BCUT2D eigenvalue weighted by Gasteiger charge is 2.18. The number of hydrogen-bond donors (Lipinski definition) is 1. The van der Waals surface area contributed by atoms with Crippen LogP contribution in [-0.2, 0) is 4.84 Å². The highest BCUT2D eigenvalue weighted by molar-refractivity contribution is 5.95. The van der Waals surface area contributed by atoms with Crippen molar-refractivity contribution in [3.05, 3.63) is 71.3 Å². The fourth-order valence-electron chi connectivity index (χ4n) is 2.92. The van der Waals surface area contributed by atoms with Gasteiger partial charge in [0, 0.05) is 12.1 Å². The zero-order valence-corrected chi connectivity index (χ0v) is 15.7. The van der Waals surface area contributed by atoms with Crippen molar-refractivity contribution >= 4 is 12.1 Å². The zero-order valence-electron chi connectivity index (χ0n) is 15.7. The molecule has 0 spiro atoms. The van der Waals surface area contributed by atoms with E-state index in [1.807, 2.05) is 30.3 Å². The van der Waals surface area contributed by atoms with Gasteiger partial charge in [-0.3, -0.25) is 9.69 Å². The van der Waals surface area contributed by atoms with Crippen molar-refractivity contribution in [3.63, 3.8) is 0 Å². The number of hydrogen-bond acceptors (Lipinski definition) is 4. The van der Waals surface area contributed by atoms with Gasteiger partial charge in [-0.15, -0.1) is 0 Å². The topological polar surface area (TPSA) is 53.9 Å². The summed E-state index contributed by atoms with van der Waals surface area (Å²) in [5.41, 5.74) is 2.72. The zero-order chi connectivity index (χ0) is 18.8. The minimum absolute atomic E-state index is 0.0756. The molecule has 1 atom stereocenters. The van der Waals surface area contributed by atoms with Crippen LogP contribution in [0.15, 0.2) is 59.8 Å². The fourth-order valence-corrected chi connectivity index (χ4v) is 2.92. The number of carbonyl (C=O) groups is 1. The molecule has 0 aliphatic carbocycles. The van der Waals surface area contributed by atoms with Gasteiger partial charge < -0.3 is 10.2 Å². The van der Waals surface area contributed by atoms with Crippen LogP contribution in [0.2, 0.25) is 0 Å². The van der Waals surface area contributed by atoms with Gasteiger partial charge in [0.1, 0.15) is 7.11 Å². The maximum Gasteiger partial charge on any atom is 0.251 e. The van der Waals surface area contributed by atoms with E-state index in [0.717, 1.165) is 18.7 Å². The SMILES string of the molecule is CCN(CC)C(CNC(=O)c1ccc(/C=N/OC)cc1)c1ccccc1. The summed E-state index contributed by atoms with van der Waals surface area (Å²) in [6.07, 6.45) is 1.60. The lowest BCUT2D eigenvalue weighted by Crippen LogP contribution is -2.38. The van der Waals surface area contributed by atoms with Crippen molar-refractivity contribution in [2.75, 3.05) is 26.7 Å². The summed E-state index contributed by atoms with van der Waals surface area (Å²) >= 11 is 0. The Morgan fingerprint density at radius 3 is 2.35 bits per heavy atom. The molecular formula is C21H27N3O2. The molecule has 0 saturated heterocycles. The Kier molecular flexibility index (Phi) is 7.83. The average Bonchev–Trinajstić information content (AvgIpc) is 2.70. The molecule has 2 rings (SSSR count). The van der Waals surface area contributed by atoms with Gasteiger partial charge in [-0.05, 0) is 36.3 Å². The second kappa shape index (κ2) is 10.4. The van der Waals surface area contributed by atoms with Gasteiger partial charge in [0.15, 0.2) is 0 Å². The Morgan fingerprint density at radius 2 is 1.77 bits per heavy atom. The Hall–Kier alpha value is -2.66. The lowest BCUT2D eigenvalue weighted by molar-refractivity contribution is 0.0935. The van der Waals surface area contributed by atoms with E-state index in [-0.39, 0.29) is 11.9 Å². The standard InChI is InChI=1S/C21H27N3O2/c1-4-24(5-2)20(18-9-7-6-8-10-18)16-22-21(25)19-13-11-17(12-14-19)15-23-26-3/h6-15,20H,4-5,16H2,1-3H3,(H,22,25)/b23-15+. The molecule has 26 heavy (non-hydrogen) atoms. The summed E-state index contributed by atoms with van der Waals surface area (Å²) in [7, 11) is 1.50. The summed E-state index contributed by atoms with van der Waals surface area (Å²) in [6.45, 7) is 6.71. The number of amides is 1. The molecule has 138 valence electrons. The predicted molar refractivity (Wildman–Crippen MR) is 105 cm³/mol. The van der Waals surface area contributed by atoms with E-state index < -0.39 is 0 Å². The third kappa shape index (κ3) is 5.43. The lowest BCUT2D eigenvalue weighted by atomic mass is 10.0. The van der Waals surface area contributed by atoms with Gasteiger partial charge in [-0.1, -0.05) is 61.5 Å². The van der Waals surface area contributed by atoms with Gasteiger partial charge in [-0.2, -0.15) is 0 Å². The molecule has 0 aliphatic rings. The first-order valence-electron chi connectivity index (χ1n) is 8.93. The molecule has 0 heterocycles. The summed E-state index contributed by atoms with van der Waals surface area (Å²) in [4.78, 5) is 19.5. The van der Waals surface area contributed by atoms with Crippen LogP contribution in [0.4, 0.5) is 0 Å². The maximum atomic E-state index is 12.5. The second-order valence-corrected chi connectivity index (χ2v) is 5.90. The molecule has 5 heteroatoms. The molecule has 0 saturated carbocycles. The van der Waals surface area contributed by atoms with E-state index in [4.69, 9.17) is 0 Å². The molecule has 5 nitrogen and oxygen atoms in total. The Balaban J connectivity index is 2.05. The van der Waals surface area contributed by atoms with Crippen LogP contribution in [0.5, 0.6) is 0 Å². The van der Waals surface area contributed by atoms with Gasteiger partial charge in [0.2, 0.25) is 0 Å². The number of benzene rings is 2. The highest BCUT2D eigenvalue weighted by Crippen LogP contribution is 2.19. The fraction of sp³-hybridized carbons (Fsp3) is 0.333. The number of rotatable bonds is 9. The lowest BCUT2D eigenvalue weighted by Gasteiger charge is -2.30. The molecule has 0 radical (unpaired) electrons. The van der Waals surface area contributed by atoms with Gasteiger partial charge in [0.05, 0.1) is 12.3 Å². The van der Waals surface area contributed by atoms with Crippen molar-refractivity contribution in [1.29, 1.82) is 0 Å². The van der Waals surface area contributed by atoms with Crippen LogP contribution >= 0.6 is 0 Å². The van der Waals surface area contributed by atoms with Crippen LogP contribution in [0.3, 0.4) is 0 Å². The maximum absolute atomic E-state index is 12.5. The predicted octanol–water partition coefficient (Wildman–Crippen LogP) is 3.48. The average molecular weight is 353 g/mol.